The summed E-state index contributed by atoms with van der Waals surface area (Å²) in [4.78, 5) is 15.7. The Morgan fingerprint density at radius 3 is 2.65 bits per heavy atom. The molecule has 2 aromatic carbocycles. The van der Waals surface area contributed by atoms with Gasteiger partial charge in [-0.05, 0) is 25.1 Å². The second-order valence-corrected chi connectivity index (χ2v) is 6.98. The Kier molecular flexibility index (Phi) is 4.30. The van der Waals surface area contributed by atoms with Crippen LogP contribution in [0.5, 0.6) is 11.5 Å². The first-order valence-corrected chi connectivity index (χ1v) is 8.85. The van der Waals surface area contributed by atoms with Crippen molar-refractivity contribution in [2.45, 2.75) is 17.4 Å². The molecular weight excluding hydrogens is 354 g/mol. The van der Waals surface area contributed by atoms with Gasteiger partial charge < -0.3 is 19.0 Å². The highest BCUT2D eigenvalue weighted by Gasteiger charge is 2.23. The molecule has 1 N–H and O–H groups in total. The van der Waals surface area contributed by atoms with Crippen LogP contribution in [0.15, 0.2) is 58.2 Å². The summed E-state index contributed by atoms with van der Waals surface area (Å²) in [5.74, 6) is 0.975. The Bertz CT molecular complexity index is 954. The van der Waals surface area contributed by atoms with Crippen LogP contribution in [0.3, 0.4) is 0 Å². The zero-order valence-corrected chi connectivity index (χ0v) is 14.7. The van der Waals surface area contributed by atoms with Crippen LogP contribution in [0, 0.1) is 0 Å². The molecule has 0 bridgehead atoms. The fraction of sp³-hybridized carbons (Fsp3) is 0.158. The highest BCUT2D eigenvalue weighted by Crippen LogP contribution is 2.41. The molecule has 1 aromatic heterocycles. The minimum Gasteiger partial charge on any atom is -0.480 e. The fourth-order valence-corrected chi connectivity index (χ4v) is 3.26. The maximum absolute atomic E-state index is 11.1. The van der Waals surface area contributed by atoms with E-state index >= 15 is 0 Å². The molecule has 4 rings (SSSR count). The van der Waals surface area contributed by atoms with Gasteiger partial charge in [-0.1, -0.05) is 42.1 Å². The van der Waals surface area contributed by atoms with Gasteiger partial charge in [0.25, 0.3) is 5.22 Å². The van der Waals surface area contributed by atoms with Gasteiger partial charge in [0.05, 0.1) is 0 Å². The zero-order chi connectivity index (χ0) is 18.1. The molecule has 1 unspecified atom stereocenters. The monoisotopic (exact) mass is 369 g/mol. The second-order valence-electron chi connectivity index (χ2n) is 5.69. The topological polar surface area (TPSA) is 81.8 Å². The molecule has 6 nitrogen and oxygen atoms in total. The summed E-state index contributed by atoms with van der Waals surface area (Å²) in [5.41, 5.74) is 2.33. The molecule has 3 aromatic rings. The maximum atomic E-state index is 11.1. The van der Waals surface area contributed by atoms with Gasteiger partial charge in [0.15, 0.2) is 17.3 Å². The number of benzene rings is 2. The number of carboxylic acids is 1. The van der Waals surface area contributed by atoms with Gasteiger partial charge in [0, 0.05) is 11.1 Å². The van der Waals surface area contributed by atoms with Crippen molar-refractivity contribution in [2.24, 2.45) is 0 Å². The van der Waals surface area contributed by atoms with E-state index in [0.29, 0.717) is 28.2 Å². The molecule has 1 atom stereocenters. The number of oxazole rings is 1. The SMILES string of the molecule is CC(Sc1nc(-c2ccccc2)c(-c2ccc3c(c2)OCO3)o1)C(=O)O. The highest BCUT2D eigenvalue weighted by atomic mass is 32.2. The maximum Gasteiger partial charge on any atom is 0.316 e. The Labute approximate surface area is 153 Å². The van der Waals surface area contributed by atoms with Crippen LogP contribution in [-0.4, -0.2) is 28.1 Å². The molecule has 0 spiro atoms. The Morgan fingerprint density at radius 2 is 1.88 bits per heavy atom. The molecule has 26 heavy (non-hydrogen) atoms. The molecule has 0 radical (unpaired) electrons. The number of nitrogens with zero attached hydrogens (tertiary/aromatic N) is 1. The first-order valence-electron chi connectivity index (χ1n) is 7.97. The van der Waals surface area contributed by atoms with E-state index in [1.807, 2.05) is 48.5 Å². The third-order valence-electron chi connectivity index (χ3n) is 3.91. The number of aromatic nitrogens is 1. The minimum atomic E-state index is -0.918. The van der Waals surface area contributed by atoms with E-state index in [4.69, 9.17) is 19.0 Å². The van der Waals surface area contributed by atoms with Gasteiger partial charge in [-0.3, -0.25) is 4.79 Å². The molecule has 132 valence electrons. The van der Waals surface area contributed by atoms with Gasteiger partial charge in [-0.15, -0.1) is 0 Å². The smallest absolute Gasteiger partial charge is 0.316 e. The van der Waals surface area contributed by atoms with E-state index in [0.717, 1.165) is 22.9 Å². The molecule has 0 saturated carbocycles. The number of carbonyl (C=O) groups is 1. The van der Waals surface area contributed by atoms with Gasteiger partial charge in [-0.2, -0.15) is 0 Å². The quantitative estimate of drug-likeness (QED) is 0.671. The number of thioether (sulfide) groups is 1. The molecule has 1 aliphatic heterocycles. The van der Waals surface area contributed by atoms with E-state index in [9.17, 15) is 4.79 Å². The molecule has 0 amide bonds. The number of hydrogen-bond acceptors (Lipinski definition) is 6. The van der Waals surface area contributed by atoms with Crippen LogP contribution in [0.4, 0.5) is 0 Å². The van der Waals surface area contributed by atoms with Gasteiger partial charge in [0.2, 0.25) is 6.79 Å². The van der Waals surface area contributed by atoms with Crippen molar-refractivity contribution in [3.63, 3.8) is 0 Å². The van der Waals surface area contributed by atoms with Crippen LogP contribution in [0.2, 0.25) is 0 Å². The summed E-state index contributed by atoms with van der Waals surface area (Å²) >= 11 is 1.07. The van der Waals surface area contributed by atoms with Crippen molar-refractivity contribution in [3.8, 4) is 34.1 Å². The highest BCUT2D eigenvalue weighted by molar-refractivity contribution is 8.00. The fourth-order valence-electron chi connectivity index (χ4n) is 2.58. The lowest BCUT2D eigenvalue weighted by molar-refractivity contribution is -0.136. The summed E-state index contributed by atoms with van der Waals surface area (Å²) in [6.45, 7) is 1.79. The molecule has 7 heteroatoms. The number of ether oxygens (including phenoxy) is 2. The standard InChI is InChI=1S/C19H15NO5S/c1-11(18(21)22)26-19-20-16(12-5-3-2-4-6-12)17(25-19)13-7-8-14-15(9-13)24-10-23-14/h2-9,11H,10H2,1H3,(H,21,22). The largest absolute Gasteiger partial charge is 0.480 e. The van der Waals surface area contributed by atoms with Crippen LogP contribution in [-0.2, 0) is 4.79 Å². The van der Waals surface area contributed by atoms with Crippen molar-refractivity contribution < 1.29 is 23.8 Å². The summed E-state index contributed by atoms with van der Waals surface area (Å²) in [7, 11) is 0. The van der Waals surface area contributed by atoms with Gasteiger partial charge in [-0.25, -0.2) is 4.98 Å². The van der Waals surface area contributed by atoms with Crippen molar-refractivity contribution >= 4 is 17.7 Å². The number of fused-ring (bicyclic) bond motifs is 1. The van der Waals surface area contributed by atoms with Gasteiger partial charge >= 0.3 is 5.97 Å². The average Bonchev–Trinajstić information content (AvgIpc) is 3.28. The second kappa shape index (κ2) is 6.76. The van der Waals surface area contributed by atoms with Crippen LogP contribution in [0.1, 0.15) is 6.92 Å². The first kappa shape index (κ1) is 16.5. The van der Waals surface area contributed by atoms with Crippen molar-refractivity contribution in [3.05, 3.63) is 48.5 Å². The predicted molar refractivity (Wildman–Crippen MR) is 96.5 cm³/mol. The Morgan fingerprint density at radius 1 is 1.12 bits per heavy atom. The molecule has 0 saturated heterocycles. The predicted octanol–water partition coefficient (Wildman–Crippen LogP) is 4.30. The third-order valence-corrected chi connectivity index (χ3v) is 4.85. The van der Waals surface area contributed by atoms with E-state index in [1.165, 1.54) is 0 Å². The summed E-state index contributed by atoms with van der Waals surface area (Å²) in [6.07, 6.45) is 0. The number of hydrogen-bond donors (Lipinski definition) is 1. The van der Waals surface area contributed by atoms with E-state index < -0.39 is 11.2 Å². The minimum absolute atomic E-state index is 0.192. The van der Waals surface area contributed by atoms with Crippen LogP contribution < -0.4 is 9.47 Å². The lowest BCUT2D eigenvalue weighted by atomic mass is 10.1. The lowest BCUT2D eigenvalue weighted by Crippen LogP contribution is -2.10. The first-order chi connectivity index (χ1) is 12.6. The Hall–Kier alpha value is -2.93. The van der Waals surface area contributed by atoms with Gasteiger partial charge in [0.1, 0.15) is 10.9 Å². The number of aliphatic carboxylic acids is 1. The van der Waals surface area contributed by atoms with Crippen molar-refractivity contribution in [1.29, 1.82) is 0 Å². The molecule has 1 aliphatic rings. The molecule has 0 fully saturated rings. The zero-order valence-electron chi connectivity index (χ0n) is 13.8. The number of rotatable bonds is 5. The van der Waals surface area contributed by atoms with Crippen LogP contribution >= 0.6 is 11.8 Å². The summed E-state index contributed by atoms with van der Waals surface area (Å²) in [6, 6.07) is 15.2. The lowest BCUT2D eigenvalue weighted by Gasteiger charge is -2.03. The molecular formula is C19H15NO5S. The average molecular weight is 369 g/mol. The van der Waals surface area contributed by atoms with E-state index in [2.05, 4.69) is 4.98 Å². The summed E-state index contributed by atoms with van der Waals surface area (Å²) in [5, 5.41) is 8.79. The van der Waals surface area contributed by atoms with Crippen molar-refractivity contribution in [1.82, 2.24) is 4.98 Å². The van der Waals surface area contributed by atoms with Crippen molar-refractivity contribution in [2.75, 3.05) is 6.79 Å². The normalized spacial score (nSPS) is 13.6. The summed E-state index contributed by atoms with van der Waals surface area (Å²) < 4.78 is 16.7. The Balaban J connectivity index is 1.79. The van der Waals surface area contributed by atoms with Crippen LogP contribution in [0.25, 0.3) is 22.6 Å². The van der Waals surface area contributed by atoms with E-state index in [1.54, 1.807) is 6.92 Å². The third kappa shape index (κ3) is 3.13. The van der Waals surface area contributed by atoms with E-state index in [-0.39, 0.29) is 6.79 Å². The molecule has 2 heterocycles. The molecule has 0 aliphatic carbocycles. The number of carboxylic acid groups (broad SMARTS) is 1.